The molecule has 2 aromatic rings. The second-order valence-electron chi connectivity index (χ2n) is 5.88. The number of nitrogens with one attached hydrogen (secondary N) is 1. The first-order valence-electron chi connectivity index (χ1n) is 8.13. The number of carbonyl (C=O) groups excluding carboxylic acids is 1. The Morgan fingerprint density at radius 1 is 1.12 bits per heavy atom. The molecule has 1 aliphatic heterocycles. The van der Waals surface area contributed by atoms with Crippen LogP contribution in [0.1, 0.15) is 0 Å². The molecule has 1 unspecified atom stereocenters. The van der Waals surface area contributed by atoms with Crippen molar-refractivity contribution in [3.63, 3.8) is 0 Å². The molecule has 1 aliphatic rings. The van der Waals surface area contributed by atoms with Gasteiger partial charge < -0.3 is 14.8 Å². The van der Waals surface area contributed by atoms with Crippen LogP contribution in [0, 0.1) is 0 Å². The van der Waals surface area contributed by atoms with Crippen molar-refractivity contribution in [2.75, 3.05) is 26.7 Å². The lowest BCUT2D eigenvalue weighted by Crippen LogP contribution is -2.44. The number of carbonyl (C=O) groups is 1. The summed E-state index contributed by atoms with van der Waals surface area (Å²) < 4.78 is 37.2. The van der Waals surface area contributed by atoms with Gasteiger partial charge in [-0.05, 0) is 24.3 Å². The summed E-state index contributed by atoms with van der Waals surface area (Å²) in [6.45, 7) is 0.267. The molecule has 138 valence electrons. The van der Waals surface area contributed by atoms with Crippen LogP contribution in [-0.2, 0) is 14.8 Å². The van der Waals surface area contributed by atoms with Crippen LogP contribution in [-0.4, -0.2) is 51.5 Å². The minimum Gasteiger partial charge on any atom is -0.486 e. The van der Waals surface area contributed by atoms with Crippen molar-refractivity contribution in [2.45, 2.75) is 11.0 Å². The predicted octanol–water partition coefficient (Wildman–Crippen LogP) is 1.26. The van der Waals surface area contributed by atoms with Gasteiger partial charge in [-0.3, -0.25) is 4.79 Å². The molecule has 0 fully saturated rings. The van der Waals surface area contributed by atoms with Crippen molar-refractivity contribution in [1.29, 1.82) is 0 Å². The van der Waals surface area contributed by atoms with E-state index < -0.39 is 15.9 Å². The summed E-state index contributed by atoms with van der Waals surface area (Å²) in [6, 6.07) is 15.3. The van der Waals surface area contributed by atoms with Gasteiger partial charge in [-0.1, -0.05) is 30.3 Å². The van der Waals surface area contributed by atoms with Gasteiger partial charge in [-0.15, -0.1) is 0 Å². The minimum absolute atomic E-state index is 0.149. The number of hydrogen-bond donors (Lipinski definition) is 1. The van der Waals surface area contributed by atoms with Gasteiger partial charge in [0.25, 0.3) is 0 Å². The summed E-state index contributed by atoms with van der Waals surface area (Å²) in [5.74, 6) is 0.889. The maximum Gasteiger partial charge on any atom is 0.243 e. The Bertz CT molecular complexity index is 870. The molecule has 8 heteroatoms. The Labute approximate surface area is 152 Å². The number of ether oxygens (including phenoxy) is 2. The van der Waals surface area contributed by atoms with E-state index in [2.05, 4.69) is 5.32 Å². The summed E-state index contributed by atoms with van der Waals surface area (Å²) in [5.41, 5.74) is 0. The van der Waals surface area contributed by atoms with Crippen LogP contribution in [0.2, 0.25) is 0 Å². The van der Waals surface area contributed by atoms with Crippen molar-refractivity contribution >= 4 is 15.9 Å². The summed E-state index contributed by atoms with van der Waals surface area (Å²) in [4.78, 5) is 12.3. The summed E-state index contributed by atoms with van der Waals surface area (Å²) in [6.07, 6.45) is -0.329. The molecule has 0 spiro atoms. The normalized spacial score (nSPS) is 16.3. The highest BCUT2D eigenvalue weighted by molar-refractivity contribution is 7.89. The molecule has 0 aliphatic carbocycles. The standard InChI is InChI=1S/C18H20N2O5S/c1-20(26(22,23)15-7-3-2-4-8-15)12-18(21)19-11-14-13-24-16-9-5-6-10-17(16)25-14/h2-10,14H,11-13H2,1H3,(H,19,21). The van der Waals surface area contributed by atoms with Crippen LogP contribution < -0.4 is 14.8 Å². The molecule has 0 saturated heterocycles. The zero-order chi connectivity index (χ0) is 18.6. The van der Waals surface area contributed by atoms with Crippen molar-refractivity contribution in [2.24, 2.45) is 0 Å². The summed E-state index contributed by atoms with van der Waals surface area (Å²) >= 11 is 0. The van der Waals surface area contributed by atoms with Gasteiger partial charge in [0.2, 0.25) is 15.9 Å². The van der Waals surface area contributed by atoms with E-state index in [0.717, 1.165) is 4.31 Å². The van der Waals surface area contributed by atoms with E-state index in [0.29, 0.717) is 18.1 Å². The quantitative estimate of drug-likeness (QED) is 0.821. The number of likely N-dealkylation sites (N-methyl/N-ethyl adjacent to an activating group) is 1. The molecular weight excluding hydrogens is 356 g/mol. The monoisotopic (exact) mass is 376 g/mol. The molecule has 0 saturated carbocycles. The number of sulfonamides is 1. The van der Waals surface area contributed by atoms with Gasteiger partial charge in [0.1, 0.15) is 12.7 Å². The van der Waals surface area contributed by atoms with Gasteiger partial charge in [-0.25, -0.2) is 8.42 Å². The Kier molecular flexibility index (Phi) is 5.43. The Hall–Kier alpha value is -2.58. The topological polar surface area (TPSA) is 84.9 Å². The van der Waals surface area contributed by atoms with Crippen LogP contribution >= 0.6 is 0 Å². The highest BCUT2D eigenvalue weighted by Crippen LogP contribution is 2.30. The predicted molar refractivity (Wildman–Crippen MR) is 95.6 cm³/mol. The molecule has 0 radical (unpaired) electrons. The van der Waals surface area contributed by atoms with Gasteiger partial charge in [0.05, 0.1) is 18.0 Å². The largest absolute Gasteiger partial charge is 0.486 e. The zero-order valence-corrected chi connectivity index (χ0v) is 15.1. The van der Waals surface area contributed by atoms with Crippen LogP contribution in [0.5, 0.6) is 11.5 Å². The van der Waals surface area contributed by atoms with Crippen molar-refractivity contribution in [1.82, 2.24) is 9.62 Å². The first-order valence-corrected chi connectivity index (χ1v) is 9.57. The molecule has 0 bridgehead atoms. The lowest BCUT2D eigenvalue weighted by Gasteiger charge is -2.26. The van der Waals surface area contributed by atoms with E-state index in [9.17, 15) is 13.2 Å². The molecule has 1 heterocycles. The van der Waals surface area contributed by atoms with Gasteiger partial charge in [-0.2, -0.15) is 4.31 Å². The number of nitrogens with zero attached hydrogens (tertiary/aromatic N) is 1. The van der Waals surface area contributed by atoms with E-state index in [4.69, 9.17) is 9.47 Å². The fourth-order valence-corrected chi connectivity index (χ4v) is 3.66. The van der Waals surface area contributed by atoms with E-state index in [1.165, 1.54) is 19.2 Å². The molecule has 7 nitrogen and oxygen atoms in total. The number of fused-ring (bicyclic) bond motifs is 1. The Morgan fingerprint density at radius 2 is 1.77 bits per heavy atom. The second kappa shape index (κ2) is 7.76. The molecule has 3 rings (SSSR count). The van der Waals surface area contributed by atoms with Crippen LogP contribution in [0.25, 0.3) is 0 Å². The average Bonchev–Trinajstić information content (AvgIpc) is 2.67. The van der Waals surface area contributed by atoms with Crippen LogP contribution in [0.3, 0.4) is 0 Å². The Balaban J connectivity index is 1.52. The lowest BCUT2D eigenvalue weighted by atomic mass is 10.2. The number of hydrogen-bond acceptors (Lipinski definition) is 5. The van der Waals surface area contributed by atoms with Crippen LogP contribution in [0.15, 0.2) is 59.5 Å². The molecule has 0 aromatic heterocycles. The van der Waals surface area contributed by atoms with Crippen molar-refractivity contribution in [3.05, 3.63) is 54.6 Å². The SMILES string of the molecule is CN(CC(=O)NCC1COc2ccccc2O1)S(=O)(=O)c1ccccc1. The number of para-hydroxylation sites is 2. The fraction of sp³-hybridized carbons (Fsp3) is 0.278. The van der Waals surface area contributed by atoms with Crippen molar-refractivity contribution in [3.8, 4) is 11.5 Å². The number of rotatable bonds is 6. The third-order valence-corrected chi connectivity index (χ3v) is 5.73. The molecule has 2 aromatic carbocycles. The van der Waals surface area contributed by atoms with E-state index in [1.54, 1.807) is 24.3 Å². The van der Waals surface area contributed by atoms with Gasteiger partial charge >= 0.3 is 0 Å². The summed E-state index contributed by atoms with van der Waals surface area (Å²) in [7, 11) is -2.33. The maximum absolute atomic E-state index is 12.4. The van der Waals surface area contributed by atoms with Crippen LogP contribution in [0.4, 0.5) is 0 Å². The third-order valence-electron chi connectivity index (χ3n) is 3.91. The molecular formula is C18H20N2O5S. The van der Waals surface area contributed by atoms with Crippen molar-refractivity contribution < 1.29 is 22.7 Å². The first kappa shape index (κ1) is 18.2. The molecule has 1 atom stereocenters. The molecule has 1 amide bonds. The van der Waals surface area contributed by atoms with E-state index >= 15 is 0 Å². The first-order chi connectivity index (χ1) is 12.5. The number of benzene rings is 2. The Morgan fingerprint density at radius 3 is 2.50 bits per heavy atom. The summed E-state index contributed by atoms with van der Waals surface area (Å²) in [5, 5.41) is 2.69. The van der Waals surface area contributed by atoms with E-state index in [-0.39, 0.29) is 24.1 Å². The molecule has 1 N–H and O–H groups in total. The highest BCUT2D eigenvalue weighted by Gasteiger charge is 2.24. The third kappa shape index (κ3) is 4.14. The average molecular weight is 376 g/mol. The second-order valence-corrected chi connectivity index (χ2v) is 7.92. The fourth-order valence-electron chi connectivity index (χ4n) is 2.51. The maximum atomic E-state index is 12.4. The van der Waals surface area contributed by atoms with E-state index in [1.807, 2.05) is 18.2 Å². The van der Waals surface area contributed by atoms with Gasteiger partial charge in [0.15, 0.2) is 11.5 Å². The molecule has 26 heavy (non-hydrogen) atoms. The number of amides is 1. The highest BCUT2D eigenvalue weighted by atomic mass is 32.2. The smallest absolute Gasteiger partial charge is 0.243 e. The lowest BCUT2D eigenvalue weighted by molar-refractivity contribution is -0.121. The minimum atomic E-state index is -3.70. The zero-order valence-electron chi connectivity index (χ0n) is 14.3. The van der Waals surface area contributed by atoms with Gasteiger partial charge in [0, 0.05) is 7.05 Å².